The van der Waals surface area contributed by atoms with Gasteiger partial charge in [-0.3, -0.25) is 0 Å². The predicted molar refractivity (Wildman–Crippen MR) is 65.7 cm³/mol. The van der Waals surface area contributed by atoms with E-state index in [1.165, 1.54) is 0 Å². The van der Waals surface area contributed by atoms with Crippen LogP contribution < -0.4 is 4.90 Å². The van der Waals surface area contributed by atoms with Crippen molar-refractivity contribution in [3.05, 3.63) is 24.5 Å². The van der Waals surface area contributed by atoms with Crippen molar-refractivity contribution in [3.8, 4) is 0 Å². The van der Waals surface area contributed by atoms with Crippen LogP contribution in [0.5, 0.6) is 0 Å². The number of H-pyrrole nitrogens is 1. The van der Waals surface area contributed by atoms with Gasteiger partial charge in [-0.15, -0.1) is 0 Å². The maximum absolute atomic E-state index is 9.76. The summed E-state index contributed by atoms with van der Waals surface area (Å²) < 4.78 is 0. The quantitative estimate of drug-likeness (QED) is 0.827. The Labute approximate surface area is 94.9 Å². The molecular formula is C12H17N3O. The predicted octanol–water partition coefficient (Wildman–Crippen LogP) is 1.77. The molecule has 2 aromatic rings. The average Bonchev–Trinajstić information content (AvgIpc) is 2.61. The molecule has 0 bridgehead atoms. The number of aromatic nitrogens is 2. The van der Waals surface area contributed by atoms with Crippen molar-refractivity contribution in [3.63, 3.8) is 0 Å². The summed E-state index contributed by atoms with van der Waals surface area (Å²) in [5, 5.41) is 9.76. The Balaban J connectivity index is 2.25. The molecule has 0 atom stereocenters. The van der Waals surface area contributed by atoms with E-state index in [9.17, 15) is 5.11 Å². The Kier molecular flexibility index (Phi) is 2.59. The van der Waals surface area contributed by atoms with Gasteiger partial charge in [0.15, 0.2) is 0 Å². The van der Waals surface area contributed by atoms with E-state index in [1.54, 1.807) is 20.2 Å². The van der Waals surface area contributed by atoms with Crippen molar-refractivity contribution in [1.82, 2.24) is 9.97 Å². The van der Waals surface area contributed by atoms with Crippen LogP contribution in [0, 0.1) is 0 Å². The van der Waals surface area contributed by atoms with E-state index in [0.717, 1.165) is 16.7 Å². The Hall–Kier alpha value is -1.55. The van der Waals surface area contributed by atoms with Gasteiger partial charge in [0.1, 0.15) is 0 Å². The highest BCUT2D eigenvalue weighted by molar-refractivity contribution is 5.78. The minimum absolute atomic E-state index is 0.590. The van der Waals surface area contributed by atoms with Crippen molar-refractivity contribution >= 4 is 16.7 Å². The summed E-state index contributed by atoms with van der Waals surface area (Å²) in [6, 6.07) is 6.02. The first kappa shape index (κ1) is 11.0. The molecule has 16 heavy (non-hydrogen) atoms. The van der Waals surface area contributed by atoms with E-state index < -0.39 is 5.60 Å². The van der Waals surface area contributed by atoms with E-state index in [2.05, 4.69) is 9.97 Å². The van der Waals surface area contributed by atoms with Gasteiger partial charge >= 0.3 is 0 Å². The van der Waals surface area contributed by atoms with E-state index >= 15 is 0 Å². The second kappa shape index (κ2) is 3.79. The van der Waals surface area contributed by atoms with Gasteiger partial charge in [-0.2, -0.15) is 0 Å². The van der Waals surface area contributed by atoms with Crippen LogP contribution >= 0.6 is 0 Å². The summed E-state index contributed by atoms with van der Waals surface area (Å²) in [4.78, 5) is 9.28. The maximum Gasteiger partial charge on any atom is 0.0931 e. The largest absolute Gasteiger partial charge is 0.389 e. The van der Waals surface area contributed by atoms with Crippen LogP contribution in [-0.4, -0.2) is 34.3 Å². The van der Waals surface area contributed by atoms with Gasteiger partial charge in [-0.05, 0) is 32.0 Å². The van der Waals surface area contributed by atoms with Crippen molar-refractivity contribution < 1.29 is 5.11 Å². The molecule has 1 aromatic heterocycles. The van der Waals surface area contributed by atoms with Gasteiger partial charge in [0.05, 0.1) is 23.0 Å². The number of benzene rings is 1. The summed E-state index contributed by atoms with van der Waals surface area (Å²) in [7, 11) is 1.97. The summed E-state index contributed by atoms with van der Waals surface area (Å²) in [6.45, 7) is 4.20. The SMILES string of the molecule is CN(CC(C)(C)O)c1ccc2nc[nH]c2c1. The molecule has 0 fully saturated rings. The topological polar surface area (TPSA) is 52.1 Å². The van der Waals surface area contributed by atoms with Crippen LogP contribution in [0.3, 0.4) is 0 Å². The number of aromatic amines is 1. The molecule has 0 unspecified atom stereocenters. The zero-order chi connectivity index (χ0) is 11.8. The maximum atomic E-state index is 9.76. The molecule has 1 heterocycles. The van der Waals surface area contributed by atoms with Crippen molar-refractivity contribution in [1.29, 1.82) is 0 Å². The third kappa shape index (κ3) is 2.33. The van der Waals surface area contributed by atoms with Crippen LogP contribution in [0.25, 0.3) is 11.0 Å². The molecule has 0 saturated heterocycles. The Morgan fingerprint density at radius 2 is 2.19 bits per heavy atom. The van der Waals surface area contributed by atoms with Crippen LogP contribution in [0.15, 0.2) is 24.5 Å². The number of imidazole rings is 1. The van der Waals surface area contributed by atoms with Crippen LogP contribution in [-0.2, 0) is 0 Å². The van der Waals surface area contributed by atoms with Crippen LogP contribution in [0.4, 0.5) is 5.69 Å². The first-order chi connectivity index (χ1) is 7.46. The zero-order valence-corrected chi connectivity index (χ0v) is 9.86. The number of hydrogen-bond donors (Lipinski definition) is 2. The molecule has 0 radical (unpaired) electrons. The molecule has 86 valence electrons. The van der Waals surface area contributed by atoms with Gasteiger partial charge in [0.2, 0.25) is 0 Å². The second-order valence-electron chi connectivity index (χ2n) is 4.77. The van der Waals surface area contributed by atoms with Crippen molar-refractivity contribution in [2.24, 2.45) is 0 Å². The summed E-state index contributed by atoms with van der Waals surface area (Å²) in [6.07, 6.45) is 1.68. The molecule has 2 rings (SSSR count). The van der Waals surface area contributed by atoms with E-state index in [1.807, 2.05) is 30.1 Å². The first-order valence-corrected chi connectivity index (χ1v) is 5.32. The van der Waals surface area contributed by atoms with Gasteiger partial charge in [-0.1, -0.05) is 0 Å². The number of likely N-dealkylation sites (N-methyl/N-ethyl adjacent to an activating group) is 1. The monoisotopic (exact) mass is 219 g/mol. The van der Waals surface area contributed by atoms with E-state index in [0.29, 0.717) is 6.54 Å². The lowest BCUT2D eigenvalue weighted by molar-refractivity contribution is 0.0886. The molecule has 2 N–H and O–H groups in total. The number of fused-ring (bicyclic) bond motifs is 1. The lowest BCUT2D eigenvalue weighted by Crippen LogP contribution is -2.36. The summed E-state index contributed by atoms with van der Waals surface area (Å²) in [5.41, 5.74) is 2.34. The molecule has 0 spiro atoms. The highest BCUT2D eigenvalue weighted by Gasteiger charge is 2.16. The highest BCUT2D eigenvalue weighted by Crippen LogP contribution is 2.20. The number of aliphatic hydroxyl groups is 1. The van der Waals surface area contributed by atoms with E-state index in [4.69, 9.17) is 0 Å². The molecule has 0 saturated carbocycles. The number of nitrogens with zero attached hydrogens (tertiary/aromatic N) is 2. The van der Waals surface area contributed by atoms with Crippen molar-refractivity contribution in [2.75, 3.05) is 18.5 Å². The van der Waals surface area contributed by atoms with Gasteiger partial charge < -0.3 is 15.0 Å². The Morgan fingerprint density at radius 3 is 2.88 bits per heavy atom. The highest BCUT2D eigenvalue weighted by atomic mass is 16.3. The number of anilines is 1. The normalized spacial score (nSPS) is 12.0. The minimum atomic E-state index is -0.697. The molecule has 1 aromatic carbocycles. The fourth-order valence-corrected chi connectivity index (χ4v) is 1.83. The lowest BCUT2D eigenvalue weighted by Gasteiger charge is -2.27. The first-order valence-electron chi connectivity index (χ1n) is 5.32. The van der Waals surface area contributed by atoms with Crippen LogP contribution in [0.1, 0.15) is 13.8 Å². The fraction of sp³-hybridized carbons (Fsp3) is 0.417. The third-order valence-corrected chi connectivity index (χ3v) is 2.47. The van der Waals surface area contributed by atoms with Crippen molar-refractivity contribution in [2.45, 2.75) is 19.4 Å². The zero-order valence-electron chi connectivity index (χ0n) is 9.86. The number of nitrogens with one attached hydrogen (secondary N) is 1. The van der Waals surface area contributed by atoms with Gasteiger partial charge in [-0.25, -0.2) is 4.98 Å². The molecule has 0 amide bonds. The van der Waals surface area contributed by atoms with Gasteiger partial charge in [0, 0.05) is 19.3 Å². The Bertz CT molecular complexity index is 484. The smallest absolute Gasteiger partial charge is 0.0931 e. The molecule has 0 aliphatic rings. The van der Waals surface area contributed by atoms with E-state index in [-0.39, 0.29) is 0 Å². The molecule has 0 aliphatic heterocycles. The standard InChI is InChI=1S/C12H17N3O/c1-12(2,16)7-15(3)9-4-5-10-11(6-9)14-8-13-10/h4-6,8,16H,7H2,1-3H3,(H,13,14). The molecule has 0 aliphatic carbocycles. The molecule has 4 heteroatoms. The van der Waals surface area contributed by atoms with Gasteiger partial charge in [0.25, 0.3) is 0 Å². The second-order valence-corrected chi connectivity index (χ2v) is 4.77. The lowest BCUT2D eigenvalue weighted by atomic mass is 10.1. The number of hydrogen-bond acceptors (Lipinski definition) is 3. The molecular weight excluding hydrogens is 202 g/mol. The minimum Gasteiger partial charge on any atom is -0.389 e. The summed E-state index contributed by atoms with van der Waals surface area (Å²) >= 11 is 0. The average molecular weight is 219 g/mol. The fourth-order valence-electron chi connectivity index (χ4n) is 1.83. The van der Waals surface area contributed by atoms with Crippen LogP contribution in [0.2, 0.25) is 0 Å². The Morgan fingerprint density at radius 1 is 1.44 bits per heavy atom. The number of rotatable bonds is 3. The molecule has 4 nitrogen and oxygen atoms in total. The third-order valence-electron chi connectivity index (χ3n) is 2.47. The summed E-state index contributed by atoms with van der Waals surface area (Å²) in [5.74, 6) is 0.